The number of nitrogens with two attached hydrogens (primary N) is 1. The molecule has 13 heavy (non-hydrogen) atoms. The van der Waals surface area contributed by atoms with E-state index in [0.29, 0.717) is 0 Å². The van der Waals surface area contributed by atoms with Gasteiger partial charge in [0, 0.05) is 5.69 Å². The van der Waals surface area contributed by atoms with Crippen molar-refractivity contribution in [2.75, 3.05) is 12.0 Å². The van der Waals surface area contributed by atoms with E-state index in [-0.39, 0.29) is 16.1 Å². The highest BCUT2D eigenvalue weighted by Crippen LogP contribution is 2.28. The third kappa shape index (κ3) is 2.32. The van der Waals surface area contributed by atoms with Crippen molar-refractivity contribution in [2.45, 2.75) is 11.3 Å². The Morgan fingerprint density at radius 2 is 2.08 bits per heavy atom. The lowest BCUT2D eigenvalue weighted by Crippen LogP contribution is -2.03. The summed E-state index contributed by atoms with van der Waals surface area (Å²) in [5.74, 6) is 0. The molecule has 0 aliphatic heterocycles. The summed E-state index contributed by atoms with van der Waals surface area (Å²) in [5, 5.41) is 0. The van der Waals surface area contributed by atoms with Crippen LogP contribution in [0.5, 0.6) is 0 Å². The van der Waals surface area contributed by atoms with Crippen molar-refractivity contribution in [3.05, 3.63) is 23.8 Å². The quantitative estimate of drug-likeness (QED) is 0.592. The van der Waals surface area contributed by atoms with Crippen LogP contribution in [0.15, 0.2) is 23.1 Å². The van der Waals surface area contributed by atoms with Gasteiger partial charge in [0.05, 0.1) is 5.56 Å². The fraction of sp³-hybridized carbons (Fsp3) is 0.250. The SMILES string of the molecule is C[S+]([O-])c1ccc(N)cc1C(F)F. The van der Waals surface area contributed by atoms with Crippen molar-refractivity contribution in [2.24, 2.45) is 0 Å². The Morgan fingerprint density at radius 1 is 1.46 bits per heavy atom. The Labute approximate surface area is 77.9 Å². The van der Waals surface area contributed by atoms with Crippen LogP contribution in [-0.2, 0) is 11.2 Å². The Morgan fingerprint density at radius 3 is 2.54 bits per heavy atom. The second-order valence-corrected chi connectivity index (χ2v) is 3.90. The van der Waals surface area contributed by atoms with Crippen LogP contribution in [0.25, 0.3) is 0 Å². The largest absolute Gasteiger partial charge is 0.612 e. The number of hydrogen-bond donors (Lipinski definition) is 1. The van der Waals surface area contributed by atoms with E-state index in [2.05, 4.69) is 0 Å². The van der Waals surface area contributed by atoms with Crippen molar-refractivity contribution in [1.82, 2.24) is 0 Å². The average molecular weight is 205 g/mol. The number of halogens is 2. The van der Waals surface area contributed by atoms with Gasteiger partial charge in [-0.15, -0.1) is 0 Å². The monoisotopic (exact) mass is 205 g/mol. The van der Waals surface area contributed by atoms with E-state index in [1.807, 2.05) is 0 Å². The third-order valence-corrected chi connectivity index (χ3v) is 2.57. The zero-order valence-electron chi connectivity index (χ0n) is 6.96. The van der Waals surface area contributed by atoms with Crippen LogP contribution in [0.1, 0.15) is 12.0 Å². The van der Waals surface area contributed by atoms with Crippen molar-refractivity contribution in [3.63, 3.8) is 0 Å². The molecular weight excluding hydrogens is 196 g/mol. The number of anilines is 1. The van der Waals surface area contributed by atoms with Gasteiger partial charge in [0.2, 0.25) is 0 Å². The number of benzene rings is 1. The summed E-state index contributed by atoms with van der Waals surface area (Å²) < 4.78 is 35.8. The molecule has 1 atom stereocenters. The molecule has 0 saturated carbocycles. The van der Waals surface area contributed by atoms with Gasteiger partial charge >= 0.3 is 0 Å². The summed E-state index contributed by atoms with van der Waals surface area (Å²) in [7, 11) is 0. The van der Waals surface area contributed by atoms with Gasteiger partial charge < -0.3 is 10.3 Å². The van der Waals surface area contributed by atoms with Gasteiger partial charge in [0.15, 0.2) is 4.90 Å². The van der Waals surface area contributed by atoms with Crippen LogP contribution in [0, 0.1) is 0 Å². The fourth-order valence-corrected chi connectivity index (χ4v) is 1.74. The van der Waals surface area contributed by atoms with E-state index in [1.165, 1.54) is 18.4 Å². The van der Waals surface area contributed by atoms with Gasteiger partial charge in [-0.3, -0.25) is 0 Å². The van der Waals surface area contributed by atoms with Crippen molar-refractivity contribution in [3.8, 4) is 0 Å². The van der Waals surface area contributed by atoms with Crippen LogP contribution < -0.4 is 5.73 Å². The van der Waals surface area contributed by atoms with Gasteiger partial charge in [0.25, 0.3) is 6.43 Å². The highest BCUT2D eigenvalue weighted by Gasteiger charge is 2.19. The molecule has 1 aromatic carbocycles. The lowest BCUT2D eigenvalue weighted by molar-refractivity contribution is 0.148. The number of hydrogen-bond acceptors (Lipinski definition) is 2. The molecule has 1 aromatic rings. The van der Waals surface area contributed by atoms with E-state index in [4.69, 9.17) is 5.73 Å². The van der Waals surface area contributed by atoms with Crippen LogP contribution in [0.3, 0.4) is 0 Å². The fourth-order valence-electron chi connectivity index (χ4n) is 0.999. The summed E-state index contributed by atoms with van der Waals surface area (Å²) in [6.07, 6.45) is -1.28. The molecule has 0 bridgehead atoms. The minimum Gasteiger partial charge on any atom is -0.612 e. The Balaban J connectivity index is 3.19. The van der Waals surface area contributed by atoms with Crippen LogP contribution >= 0.6 is 0 Å². The summed E-state index contributed by atoms with van der Waals surface area (Å²) in [4.78, 5) is 0.143. The molecular formula is C8H9F2NOS. The van der Waals surface area contributed by atoms with Crippen molar-refractivity contribution in [1.29, 1.82) is 0 Å². The normalized spacial score (nSPS) is 13.3. The Hall–Kier alpha value is -0.810. The summed E-state index contributed by atoms with van der Waals surface area (Å²) in [6.45, 7) is 0. The third-order valence-electron chi connectivity index (χ3n) is 1.58. The Kier molecular flexibility index (Phi) is 3.11. The summed E-state index contributed by atoms with van der Waals surface area (Å²) in [6, 6.07) is 3.98. The molecule has 0 saturated heterocycles. The summed E-state index contributed by atoms with van der Waals surface area (Å²) in [5.41, 5.74) is 5.34. The van der Waals surface area contributed by atoms with Gasteiger partial charge in [-0.1, -0.05) is 0 Å². The first kappa shape index (κ1) is 10.3. The molecule has 0 radical (unpaired) electrons. The molecule has 0 spiro atoms. The first-order valence-corrected chi connectivity index (χ1v) is 5.09. The highest BCUT2D eigenvalue weighted by atomic mass is 32.2. The molecule has 1 rings (SSSR count). The van der Waals surface area contributed by atoms with E-state index in [0.717, 1.165) is 6.07 Å². The maximum absolute atomic E-state index is 12.4. The zero-order valence-corrected chi connectivity index (χ0v) is 7.78. The topological polar surface area (TPSA) is 49.1 Å². The smallest absolute Gasteiger partial charge is 0.268 e. The predicted molar refractivity (Wildman–Crippen MR) is 48.1 cm³/mol. The molecule has 0 aliphatic rings. The van der Waals surface area contributed by atoms with Crippen LogP contribution in [0.4, 0.5) is 14.5 Å². The second kappa shape index (κ2) is 3.93. The molecule has 0 fully saturated rings. The first-order valence-electron chi connectivity index (χ1n) is 3.53. The molecule has 0 heterocycles. The molecule has 0 aliphatic carbocycles. The van der Waals surface area contributed by atoms with E-state index in [9.17, 15) is 13.3 Å². The van der Waals surface area contributed by atoms with Gasteiger partial charge in [0.1, 0.15) is 6.26 Å². The number of rotatable bonds is 2. The van der Waals surface area contributed by atoms with Gasteiger partial charge in [-0.25, -0.2) is 8.78 Å². The van der Waals surface area contributed by atoms with Crippen LogP contribution in [0.2, 0.25) is 0 Å². The van der Waals surface area contributed by atoms with E-state index < -0.39 is 17.6 Å². The first-order chi connectivity index (χ1) is 6.02. The zero-order chi connectivity index (χ0) is 10.0. The maximum atomic E-state index is 12.4. The minimum absolute atomic E-state index is 0.143. The molecule has 2 N–H and O–H groups in total. The number of alkyl halides is 2. The molecule has 2 nitrogen and oxygen atoms in total. The lowest BCUT2D eigenvalue weighted by atomic mass is 10.2. The van der Waals surface area contributed by atoms with Gasteiger partial charge in [-0.2, -0.15) is 0 Å². The average Bonchev–Trinajstić information content (AvgIpc) is 2.03. The maximum Gasteiger partial charge on any atom is 0.268 e. The molecule has 1 unspecified atom stereocenters. The molecule has 0 aromatic heterocycles. The van der Waals surface area contributed by atoms with Gasteiger partial charge in [-0.05, 0) is 29.4 Å². The predicted octanol–water partition coefficient (Wildman–Crippen LogP) is 1.94. The highest BCUT2D eigenvalue weighted by molar-refractivity contribution is 7.90. The Bertz CT molecular complexity index is 304. The van der Waals surface area contributed by atoms with Crippen LogP contribution in [-0.4, -0.2) is 10.8 Å². The van der Waals surface area contributed by atoms with E-state index in [1.54, 1.807) is 0 Å². The standard InChI is InChI=1S/C8H9F2NOS/c1-13(12)7-3-2-5(11)4-6(7)8(9)10/h2-4,8H,11H2,1H3. The molecule has 72 valence electrons. The number of nitrogen functional groups attached to an aromatic ring is 1. The second-order valence-electron chi connectivity index (χ2n) is 2.55. The minimum atomic E-state index is -2.64. The van der Waals surface area contributed by atoms with Crippen molar-refractivity contribution < 1.29 is 13.3 Å². The molecule has 5 heteroatoms. The van der Waals surface area contributed by atoms with E-state index >= 15 is 0 Å². The molecule has 0 amide bonds. The summed E-state index contributed by atoms with van der Waals surface area (Å²) >= 11 is -1.40. The van der Waals surface area contributed by atoms with Crippen molar-refractivity contribution >= 4 is 16.9 Å². The lowest BCUT2D eigenvalue weighted by Gasteiger charge is -2.09.